The van der Waals surface area contributed by atoms with Crippen molar-refractivity contribution in [2.75, 3.05) is 17.1 Å². The minimum atomic E-state index is -3.79. The van der Waals surface area contributed by atoms with Gasteiger partial charge >= 0.3 is 0 Å². The van der Waals surface area contributed by atoms with Crippen molar-refractivity contribution in [3.05, 3.63) is 64.7 Å². The lowest BCUT2D eigenvalue weighted by Gasteiger charge is -2.57. The highest BCUT2D eigenvalue weighted by Crippen LogP contribution is 2.60. The zero-order valence-electron chi connectivity index (χ0n) is 26.0. The molecule has 0 unspecified atom stereocenters. The summed E-state index contributed by atoms with van der Waals surface area (Å²) < 4.78 is 27.5. The summed E-state index contributed by atoms with van der Waals surface area (Å²) in [5.74, 6) is 1.84. The fourth-order valence-electron chi connectivity index (χ4n) is 9.13. The number of rotatable bonds is 11. The SMILES string of the molecule is CC[C@@H](C(=O)NC1CCCC1)N(Cc1ccc(Cl)cc1)C(=O)CN(c1ccc(C23CC4CC(CC(C4)C2)C3)cc1)S(C)(=O)=O. The number of hydrogen-bond acceptors (Lipinski definition) is 4. The molecule has 1 N–H and O–H groups in total. The summed E-state index contributed by atoms with van der Waals surface area (Å²) in [5.41, 5.74) is 2.80. The number of amides is 2. The average Bonchev–Trinajstić information content (AvgIpc) is 3.48. The molecule has 0 aliphatic heterocycles. The minimum absolute atomic E-state index is 0.115. The predicted molar refractivity (Wildman–Crippen MR) is 175 cm³/mol. The third kappa shape index (κ3) is 6.67. The minimum Gasteiger partial charge on any atom is -0.352 e. The van der Waals surface area contributed by atoms with Crippen molar-refractivity contribution in [1.82, 2.24) is 10.2 Å². The summed E-state index contributed by atoms with van der Waals surface area (Å²) in [6.45, 7) is 1.68. The summed E-state index contributed by atoms with van der Waals surface area (Å²) in [6.07, 6.45) is 13.4. The van der Waals surface area contributed by atoms with Crippen LogP contribution in [0, 0.1) is 17.8 Å². The Kier molecular flexibility index (Phi) is 9.04. The summed E-state index contributed by atoms with van der Waals surface area (Å²) in [5, 5.41) is 3.73. The van der Waals surface area contributed by atoms with Crippen molar-refractivity contribution in [2.24, 2.45) is 17.8 Å². The van der Waals surface area contributed by atoms with Gasteiger partial charge in [0.1, 0.15) is 12.6 Å². The number of nitrogens with one attached hydrogen (secondary N) is 1. The van der Waals surface area contributed by atoms with Crippen molar-refractivity contribution < 1.29 is 18.0 Å². The Labute approximate surface area is 267 Å². The third-order valence-corrected chi connectivity index (χ3v) is 12.2. The number of halogens is 1. The van der Waals surface area contributed by atoms with Crippen LogP contribution in [-0.2, 0) is 31.6 Å². The van der Waals surface area contributed by atoms with Gasteiger partial charge in [-0.3, -0.25) is 13.9 Å². The first-order chi connectivity index (χ1) is 21.0. The maximum absolute atomic E-state index is 14.1. The second-order valence-electron chi connectivity index (χ2n) is 14.1. The number of sulfonamides is 1. The molecule has 5 aliphatic rings. The number of hydrogen-bond donors (Lipinski definition) is 1. The molecule has 5 aliphatic carbocycles. The number of anilines is 1. The van der Waals surface area contributed by atoms with E-state index in [0.29, 0.717) is 17.1 Å². The maximum atomic E-state index is 14.1. The van der Waals surface area contributed by atoms with Crippen molar-refractivity contribution in [2.45, 2.75) is 102 Å². The molecule has 5 saturated carbocycles. The van der Waals surface area contributed by atoms with Gasteiger partial charge in [0.2, 0.25) is 21.8 Å². The normalized spacial score (nSPS) is 26.8. The number of benzene rings is 2. The lowest BCUT2D eigenvalue weighted by molar-refractivity contribution is -0.140. The molecule has 0 saturated heterocycles. The molecule has 5 fully saturated rings. The molecule has 44 heavy (non-hydrogen) atoms. The Morgan fingerprint density at radius 2 is 1.50 bits per heavy atom. The zero-order chi connectivity index (χ0) is 31.1. The smallest absolute Gasteiger partial charge is 0.244 e. The highest BCUT2D eigenvalue weighted by molar-refractivity contribution is 7.92. The fraction of sp³-hybridized carbons (Fsp3) is 0.600. The molecule has 9 heteroatoms. The first kappa shape index (κ1) is 31.4. The van der Waals surface area contributed by atoms with Crippen LogP contribution in [0.2, 0.25) is 5.02 Å². The van der Waals surface area contributed by atoms with Gasteiger partial charge in [0.05, 0.1) is 11.9 Å². The van der Waals surface area contributed by atoms with E-state index in [1.54, 1.807) is 12.1 Å². The quantitative estimate of drug-likeness (QED) is 0.307. The van der Waals surface area contributed by atoms with Crippen LogP contribution in [0.4, 0.5) is 5.69 Å². The van der Waals surface area contributed by atoms with E-state index < -0.39 is 22.0 Å². The van der Waals surface area contributed by atoms with Crippen LogP contribution in [0.1, 0.15) is 88.7 Å². The summed E-state index contributed by atoms with van der Waals surface area (Å²) in [6, 6.07) is 14.5. The van der Waals surface area contributed by atoms with Crippen LogP contribution in [0.3, 0.4) is 0 Å². The molecule has 0 radical (unpaired) electrons. The first-order valence-electron chi connectivity index (χ1n) is 16.5. The van der Waals surface area contributed by atoms with Gasteiger partial charge in [-0.1, -0.05) is 55.6 Å². The molecule has 0 spiro atoms. The summed E-state index contributed by atoms with van der Waals surface area (Å²) in [4.78, 5) is 29.1. The van der Waals surface area contributed by atoms with Gasteiger partial charge in [0.25, 0.3) is 0 Å². The van der Waals surface area contributed by atoms with Gasteiger partial charge in [-0.15, -0.1) is 0 Å². The van der Waals surface area contributed by atoms with Crippen LogP contribution in [0.25, 0.3) is 0 Å². The monoisotopic (exact) mass is 639 g/mol. The van der Waals surface area contributed by atoms with Crippen LogP contribution in [-0.4, -0.2) is 50.0 Å². The molecule has 0 aromatic heterocycles. The van der Waals surface area contributed by atoms with Gasteiger partial charge < -0.3 is 10.2 Å². The summed E-state index contributed by atoms with van der Waals surface area (Å²) >= 11 is 6.11. The Morgan fingerprint density at radius 1 is 0.932 bits per heavy atom. The molecule has 7 rings (SSSR count). The second-order valence-corrected chi connectivity index (χ2v) is 16.4. The van der Waals surface area contributed by atoms with E-state index in [0.717, 1.165) is 55.3 Å². The van der Waals surface area contributed by atoms with Gasteiger partial charge in [-0.25, -0.2) is 8.42 Å². The molecule has 7 nitrogen and oxygen atoms in total. The second kappa shape index (κ2) is 12.7. The maximum Gasteiger partial charge on any atom is 0.244 e. The van der Waals surface area contributed by atoms with E-state index in [1.165, 1.54) is 53.3 Å². The van der Waals surface area contributed by atoms with E-state index in [1.807, 2.05) is 31.2 Å². The van der Waals surface area contributed by atoms with E-state index in [2.05, 4.69) is 17.4 Å². The molecule has 2 amide bonds. The Bertz CT molecular complexity index is 1420. The molecule has 2 aromatic rings. The number of carbonyl (C=O) groups is 2. The van der Waals surface area contributed by atoms with E-state index >= 15 is 0 Å². The molecule has 1 atom stereocenters. The van der Waals surface area contributed by atoms with Gasteiger partial charge in [-0.05, 0) is 116 Å². The molecule has 4 bridgehead atoms. The fourth-order valence-corrected chi connectivity index (χ4v) is 10.1. The van der Waals surface area contributed by atoms with Crippen LogP contribution in [0.15, 0.2) is 48.5 Å². The van der Waals surface area contributed by atoms with Crippen LogP contribution < -0.4 is 9.62 Å². The molecular formula is C35H46ClN3O4S. The van der Waals surface area contributed by atoms with Crippen molar-refractivity contribution in [1.29, 1.82) is 0 Å². The lowest BCUT2D eigenvalue weighted by atomic mass is 9.48. The lowest BCUT2D eigenvalue weighted by Crippen LogP contribution is -2.53. The molecular weight excluding hydrogens is 594 g/mol. The highest BCUT2D eigenvalue weighted by atomic mass is 35.5. The van der Waals surface area contributed by atoms with Crippen LogP contribution in [0.5, 0.6) is 0 Å². The van der Waals surface area contributed by atoms with Gasteiger partial charge in [-0.2, -0.15) is 0 Å². The third-order valence-electron chi connectivity index (χ3n) is 10.8. The largest absolute Gasteiger partial charge is 0.352 e. The van der Waals surface area contributed by atoms with Crippen molar-refractivity contribution in [3.8, 4) is 0 Å². The molecule has 238 valence electrons. The first-order valence-corrected chi connectivity index (χ1v) is 18.7. The van der Waals surface area contributed by atoms with Gasteiger partial charge in [0, 0.05) is 17.6 Å². The predicted octanol–water partition coefficient (Wildman–Crippen LogP) is 6.44. The van der Waals surface area contributed by atoms with Gasteiger partial charge in [0.15, 0.2) is 0 Å². The van der Waals surface area contributed by atoms with Crippen molar-refractivity contribution in [3.63, 3.8) is 0 Å². The van der Waals surface area contributed by atoms with E-state index in [9.17, 15) is 18.0 Å². The number of nitrogens with zero attached hydrogens (tertiary/aromatic N) is 2. The summed E-state index contributed by atoms with van der Waals surface area (Å²) in [7, 11) is -3.79. The van der Waals surface area contributed by atoms with Crippen LogP contribution >= 0.6 is 11.6 Å². The average molecular weight is 640 g/mol. The molecule has 0 heterocycles. The Balaban J connectivity index is 1.24. The Morgan fingerprint density at radius 3 is 2.02 bits per heavy atom. The zero-order valence-corrected chi connectivity index (χ0v) is 27.6. The molecule has 2 aromatic carbocycles. The Hall–Kier alpha value is -2.58. The topological polar surface area (TPSA) is 86.8 Å². The standard InChI is InChI=1S/C35H46ClN3O4S/c1-3-32(34(41)37-30-6-4-5-7-30)38(22-24-8-12-29(36)13-9-24)33(40)23-39(44(2,42)43)31-14-10-28(11-15-31)35-19-25-16-26(20-35)18-27(17-25)21-35/h8-15,25-27,30,32H,3-7,16-23H2,1-2H3,(H,37,41)/t25?,26?,27?,32-,35?/m0/s1. The van der Waals surface area contributed by atoms with E-state index in [-0.39, 0.29) is 30.5 Å². The van der Waals surface area contributed by atoms with E-state index in [4.69, 9.17) is 11.6 Å². The highest BCUT2D eigenvalue weighted by Gasteiger charge is 2.51. The number of carbonyl (C=O) groups excluding carboxylic acids is 2. The van der Waals surface area contributed by atoms with Crippen molar-refractivity contribution >= 4 is 39.1 Å².